The van der Waals surface area contributed by atoms with E-state index in [9.17, 15) is 0 Å². The van der Waals surface area contributed by atoms with Gasteiger partial charge in [-0.25, -0.2) is 18.3 Å². The van der Waals surface area contributed by atoms with Crippen LogP contribution in [0.5, 0.6) is 0 Å². The number of hydrogen-bond donors (Lipinski definition) is 0. The van der Waals surface area contributed by atoms with Gasteiger partial charge in [0.05, 0.1) is 70.5 Å². The molecule has 0 atom stereocenters. The normalized spacial score (nSPS) is 15.4. The summed E-state index contributed by atoms with van der Waals surface area (Å²) in [5.74, 6) is 1.59. The van der Waals surface area contributed by atoms with E-state index in [4.69, 9.17) is 0 Å². The van der Waals surface area contributed by atoms with Crippen LogP contribution in [0, 0.1) is 34.6 Å². The summed E-state index contributed by atoms with van der Waals surface area (Å²) in [5, 5.41) is 17.6. The predicted molar refractivity (Wildman–Crippen MR) is 534 cm³/mol. The topological polar surface area (TPSA) is 15.5 Å². The number of fused-ring (bicyclic) bond motifs is 4. The summed E-state index contributed by atoms with van der Waals surface area (Å²) < 4.78 is 9.26. The molecule has 12 aromatic rings. The molecule has 4 fully saturated rings. The maximum Gasteiger partial charge on any atom is 0.220 e. The maximum atomic E-state index is 2.60. The molecule has 4 saturated carbocycles. The van der Waals surface area contributed by atoms with Gasteiger partial charge in [0.1, 0.15) is 28.2 Å². The van der Waals surface area contributed by atoms with Crippen LogP contribution in [0.2, 0.25) is 74.5 Å². The van der Waals surface area contributed by atoms with Crippen molar-refractivity contribution in [2.75, 3.05) is 0 Å². The molecule has 4 heterocycles. The summed E-state index contributed by atoms with van der Waals surface area (Å²) in [6, 6.07) is 60.3. The molecule has 4 aliphatic carbocycles. The highest BCUT2D eigenvalue weighted by atomic mass is 28.3. The van der Waals surface area contributed by atoms with Gasteiger partial charge in [0.2, 0.25) is 22.8 Å². The second kappa shape index (κ2) is 37.4. The van der Waals surface area contributed by atoms with Gasteiger partial charge in [-0.3, -0.25) is 0 Å². The van der Waals surface area contributed by atoms with Crippen LogP contribution in [0.1, 0.15) is 244 Å². The Morgan fingerprint density at radius 3 is 0.917 bits per heavy atom. The van der Waals surface area contributed by atoms with E-state index >= 15 is 0 Å². The molecule has 120 heavy (non-hydrogen) atoms. The Labute approximate surface area is 731 Å². The minimum atomic E-state index is -1.44. The quantitative estimate of drug-likeness (QED) is 0.0601. The second-order valence-electron chi connectivity index (χ2n) is 41.0. The molecule has 0 bridgehead atoms. The summed E-state index contributed by atoms with van der Waals surface area (Å²) in [6.07, 6.45) is 35.2. The lowest BCUT2D eigenvalue weighted by molar-refractivity contribution is -0.659. The fraction of sp³-hybridized carbons (Fsp3) is 0.464. The van der Waals surface area contributed by atoms with Crippen molar-refractivity contribution in [3.63, 3.8) is 0 Å². The van der Waals surface area contributed by atoms with Crippen molar-refractivity contribution in [1.82, 2.24) is 0 Å². The van der Waals surface area contributed by atoms with E-state index in [2.05, 4.69) is 372 Å². The third-order valence-electron chi connectivity index (χ3n) is 31.2. The summed E-state index contributed by atoms with van der Waals surface area (Å²) >= 11 is 0. The highest BCUT2D eigenvalue weighted by Crippen LogP contribution is 2.45. The number of aromatic nitrogens is 4. The Bertz CT molecular complexity index is 5710. The zero-order valence-corrected chi connectivity index (χ0v) is 83.5. The fourth-order valence-corrected chi connectivity index (χ4v) is 35.7. The molecule has 0 saturated heterocycles. The molecule has 0 unspecified atom stereocenters. The Kier molecular flexibility index (Phi) is 28.0. The fourth-order valence-electron chi connectivity index (χ4n) is 22.2. The zero-order valence-electron chi connectivity index (χ0n) is 79.5. The molecule has 8 aromatic carbocycles. The third-order valence-corrected chi connectivity index (χ3v) is 48.9. The average Bonchev–Trinajstić information content (AvgIpc) is 0.821. The van der Waals surface area contributed by atoms with Crippen LogP contribution in [0.3, 0.4) is 0 Å². The van der Waals surface area contributed by atoms with Gasteiger partial charge in [0.25, 0.3) is 0 Å². The molecule has 0 aliphatic heterocycles. The summed E-state index contributed by atoms with van der Waals surface area (Å²) in [6.45, 7) is 52.7. The molecule has 0 spiro atoms. The number of aryl methyl sites for hydroxylation is 9. The van der Waals surface area contributed by atoms with Crippen molar-refractivity contribution in [1.29, 1.82) is 0 Å². The number of hydrogen-bond acceptors (Lipinski definition) is 0. The van der Waals surface area contributed by atoms with Gasteiger partial charge < -0.3 is 0 Å². The first-order valence-electron chi connectivity index (χ1n) is 47.3. The van der Waals surface area contributed by atoms with Crippen molar-refractivity contribution in [2.24, 2.45) is 28.2 Å². The number of pyridine rings is 4. The van der Waals surface area contributed by atoms with E-state index < -0.39 is 32.3 Å². The molecule has 4 aliphatic rings. The van der Waals surface area contributed by atoms with E-state index in [1.165, 1.54) is 252 Å². The third kappa shape index (κ3) is 18.4. The van der Waals surface area contributed by atoms with Gasteiger partial charge in [0.15, 0.2) is 24.8 Å². The van der Waals surface area contributed by atoms with Crippen molar-refractivity contribution in [2.45, 2.75) is 311 Å². The van der Waals surface area contributed by atoms with Crippen molar-refractivity contribution < 1.29 is 18.3 Å². The number of rotatable bonds is 18. The molecule has 0 N–H and O–H groups in total. The molecule has 0 radical (unpaired) electrons. The zero-order chi connectivity index (χ0) is 86.2. The average molecular weight is 1670 g/mol. The predicted octanol–water partition coefficient (Wildman–Crippen LogP) is 27.4. The molecule has 632 valence electrons. The van der Waals surface area contributed by atoms with Crippen molar-refractivity contribution >= 4 is 96.1 Å². The van der Waals surface area contributed by atoms with Crippen LogP contribution in [0.15, 0.2) is 176 Å². The minimum Gasteiger partial charge on any atom is -0.200 e. The van der Waals surface area contributed by atoms with Crippen LogP contribution >= 0.6 is 0 Å². The van der Waals surface area contributed by atoms with E-state index in [1.807, 2.05) is 0 Å². The largest absolute Gasteiger partial charge is 0.220 e. The Hall–Kier alpha value is -7.73. The Morgan fingerprint density at radius 1 is 0.292 bits per heavy atom. The van der Waals surface area contributed by atoms with Crippen molar-refractivity contribution in [3.05, 3.63) is 238 Å². The number of benzene rings is 8. The summed E-state index contributed by atoms with van der Waals surface area (Å²) in [4.78, 5) is 0. The molecule has 4 aromatic heterocycles. The first kappa shape index (κ1) is 90.0. The molecular formula is C112H152N4Si4+4. The first-order chi connectivity index (χ1) is 57.1. The lowest BCUT2D eigenvalue weighted by atomic mass is 9.86. The summed E-state index contributed by atoms with van der Waals surface area (Å²) in [7, 11) is 3.08. The van der Waals surface area contributed by atoms with E-state index in [-0.39, 0.29) is 0 Å². The molecule has 0 amide bonds. The minimum absolute atomic E-state index is 0.525. The lowest BCUT2D eigenvalue weighted by Crippen LogP contribution is -2.45. The van der Waals surface area contributed by atoms with Gasteiger partial charge in [-0.05, 0) is 225 Å². The highest BCUT2D eigenvalue weighted by molar-refractivity contribution is 6.92. The number of nitrogens with zero attached hydrogens (tertiary/aromatic N) is 4. The maximum absolute atomic E-state index is 2.60. The SMILES string of the molecule is CCc1cc(C)c(C)c(-c2c3ccc([Si](C)(C)C4CCCC4)cc3cc[n+]2C)c1.CCc1cc(CC)c(C)c(-c2c3ccc([Si](C)(C)C4CCCC4)cc3cc[n+]2C)c1.Cc1c(-c2c3ccc([Si](C)(C)C4CCCC4)cc3cc[n+]2C)cc(C(C)C)cc1C(C)C.Cc1ccc(C(C)C)cc1-c1c2ccc([Si](C)(C)C3CCCC3)cc2cc[n+]1C. The van der Waals surface area contributed by atoms with Crippen LogP contribution in [0.4, 0.5) is 0 Å². The lowest BCUT2D eigenvalue weighted by Gasteiger charge is -2.30. The van der Waals surface area contributed by atoms with E-state index in [1.54, 1.807) is 20.7 Å². The molecule has 16 rings (SSSR count). The van der Waals surface area contributed by atoms with Crippen LogP contribution in [0.25, 0.3) is 88.1 Å². The van der Waals surface area contributed by atoms with Crippen molar-refractivity contribution in [3.8, 4) is 45.0 Å². The smallest absolute Gasteiger partial charge is 0.200 e. The van der Waals surface area contributed by atoms with E-state index in [0.717, 1.165) is 41.4 Å². The standard InChI is InChI=1S/C30H42NSi.C28H38NSi.2C27H36NSi/c1-20(2)24-18-28(21(3)4)22(5)29(19-24)30-27-14-13-26(17-23(27)15-16-31(30)6)32(7,8)25-11-9-10-12-25;1-7-21-17-22(8-2)20(3)27(18-21)28-26-14-13-25(19-23(26)15-16-29(28)4)30(5,6)24-11-9-10-12-24;1-19(2)21-12-11-20(3)26(18-21)27-25-14-13-24(17-22(25)15-16-28(27)4)29(5,6)23-9-7-8-10-23;1-7-21-16-19(2)20(3)26(17-21)27-25-13-12-24(18-22(25)14-15-28(27)4)29(5,6)23-10-8-9-11-23/h13-21,25H,9-12H2,1-8H3;13-19,24H,7-12H2,1-6H3;11-19,23H,7-10H2,1-6H3;12-18,23H,7-11H2,1-6H3/q4*+1. The Morgan fingerprint density at radius 2 is 0.600 bits per heavy atom. The first-order valence-corrected chi connectivity index (χ1v) is 59.6. The van der Waals surface area contributed by atoms with Crippen LogP contribution in [-0.4, -0.2) is 32.3 Å². The second-order valence-corrected chi connectivity index (χ2v) is 60.4. The van der Waals surface area contributed by atoms with E-state index in [0.29, 0.717) is 17.8 Å². The van der Waals surface area contributed by atoms with Gasteiger partial charge >= 0.3 is 0 Å². The molecular weight excluding hydrogens is 1510 g/mol. The molecule has 4 nitrogen and oxygen atoms in total. The van der Waals surface area contributed by atoms with Crippen LogP contribution < -0.4 is 39.0 Å². The summed E-state index contributed by atoms with van der Waals surface area (Å²) in [5.41, 5.74) is 30.4. The highest BCUT2D eigenvalue weighted by Gasteiger charge is 2.40. The van der Waals surface area contributed by atoms with Gasteiger partial charge in [-0.1, -0.05) is 317 Å². The van der Waals surface area contributed by atoms with Crippen LogP contribution in [-0.2, 0) is 47.5 Å². The Balaban J connectivity index is 0.000000138. The molecule has 8 heteroatoms. The monoisotopic (exact) mass is 1670 g/mol. The van der Waals surface area contributed by atoms with Gasteiger partial charge in [0, 0.05) is 29.8 Å². The van der Waals surface area contributed by atoms with Gasteiger partial charge in [-0.2, -0.15) is 0 Å². The van der Waals surface area contributed by atoms with Gasteiger partial charge in [-0.15, -0.1) is 0 Å².